The molecule has 0 amide bonds. The Morgan fingerprint density at radius 3 is 1.57 bits per heavy atom. The van der Waals surface area contributed by atoms with Gasteiger partial charge in [-0.3, -0.25) is 0 Å². The Bertz CT molecular complexity index is 1320. The van der Waals surface area contributed by atoms with Gasteiger partial charge < -0.3 is 17.7 Å². The van der Waals surface area contributed by atoms with Crippen molar-refractivity contribution in [2.75, 3.05) is 0 Å². The Labute approximate surface area is 155 Å². The van der Waals surface area contributed by atoms with Crippen molar-refractivity contribution in [1.82, 2.24) is 19.9 Å². The average molecular weight is 370 g/mol. The number of rotatable bonds is 3. The number of hydrogen-bond acceptors (Lipinski definition) is 8. The standard InChI is InChI=1S/C20H10N4O4/c1(3-19-23-13-5-11-15(25-9-21-11)7-17(13)27-19)2-4-20-24-14-6-12-16(26-10-22-12)8-18(14)28-20/h1-10H/b3-1+,4-2+. The largest absolute Gasteiger partial charge is 0.443 e. The van der Waals surface area contributed by atoms with Crippen LogP contribution in [0.15, 0.2) is 66.9 Å². The summed E-state index contributed by atoms with van der Waals surface area (Å²) in [6.07, 6.45) is 9.91. The molecule has 0 N–H and O–H groups in total. The molecule has 0 unspecified atom stereocenters. The zero-order chi connectivity index (χ0) is 18.5. The van der Waals surface area contributed by atoms with Gasteiger partial charge in [-0.2, -0.15) is 0 Å². The number of nitrogens with zero attached hydrogens (tertiary/aromatic N) is 4. The molecule has 4 heterocycles. The molecule has 0 spiro atoms. The highest BCUT2D eigenvalue weighted by Gasteiger charge is 2.09. The maximum absolute atomic E-state index is 5.71. The zero-order valence-corrected chi connectivity index (χ0v) is 14.2. The summed E-state index contributed by atoms with van der Waals surface area (Å²) in [6, 6.07) is 7.21. The van der Waals surface area contributed by atoms with Crippen molar-refractivity contribution in [1.29, 1.82) is 0 Å². The van der Waals surface area contributed by atoms with E-state index >= 15 is 0 Å². The minimum atomic E-state index is 0.483. The summed E-state index contributed by atoms with van der Waals surface area (Å²) in [4.78, 5) is 17.1. The second-order valence-electron chi connectivity index (χ2n) is 6.10. The van der Waals surface area contributed by atoms with E-state index in [1.807, 2.05) is 12.1 Å². The Hall–Kier alpha value is -4.20. The fraction of sp³-hybridized carbons (Fsp3) is 0. The fourth-order valence-corrected chi connectivity index (χ4v) is 3.01. The topological polar surface area (TPSA) is 104 Å². The smallest absolute Gasteiger partial charge is 0.220 e. The molecule has 8 heteroatoms. The minimum Gasteiger partial charge on any atom is -0.443 e. The molecule has 0 bridgehead atoms. The first-order valence-electron chi connectivity index (χ1n) is 8.44. The van der Waals surface area contributed by atoms with Crippen LogP contribution in [0.2, 0.25) is 0 Å². The molecule has 2 aromatic carbocycles. The van der Waals surface area contributed by atoms with Crippen molar-refractivity contribution in [3.8, 4) is 0 Å². The van der Waals surface area contributed by atoms with Crippen molar-refractivity contribution in [3.63, 3.8) is 0 Å². The molecular formula is C20H10N4O4. The van der Waals surface area contributed by atoms with E-state index < -0.39 is 0 Å². The number of aromatic nitrogens is 4. The zero-order valence-electron chi connectivity index (χ0n) is 14.2. The lowest BCUT2D eigenvalue weighted by Gasteiger charge is -1.85. The molecule has 0 atom stereocenters. The first-order chi connectivity index (χ1) is 13.8. The van der Waals surface area contributed by atoms with Crippen molar-refractivity contribution < 1.29 is 17.7 Å². The molecule has 0 saturated heterocycles. The van der Waals surface area contributed by atoms with Crippen molar-refractivity contribution in [2.45, 2.75) is 0 Å². The van der Waals surface area contributed by atoms with E-state index in [4.69, 9.17) is 17.7 Å². The second kappa shape index (κ2) is 5.65. The van der Waals surface area contributed by atoms with Crippen molar-refractivity contribution in [2.24, 2.45) is 0 Å². The van der Waals surface area contributed by atoms with Crippen LogP contribution in [0.3, 0.4) is 0 Å². The number of benzene rings is 2. The first kappa shape index (κ1) is 14.9. The highest BCUT2D eigenvalue weighted by atomic mass is 16.4. The van der Waals surface area contributed by atoms with Crippen LogP contribution in [0, 0.1) is 0 Å². The summed E-state index contributed by atoms with van der Waals surface area (Å²) in [5.74, 6) is 0.965. The van der Waals surface area contributed by atoms with Crippen molar-refractivity contribution in [3.05, 3.63) is 61.0 Å². The van der Waals surface area contributed by atoms with Crippen LogP contribution in [-0.2, 0) is 0 Å². The Morgan fingerprint density at radius 2 is 1.07 bits per heavy atom. The van der Waals surface area contributed by atoms with Gasteiger partial charge in [0, 0.05) is 24.3 Å². The third-order valence-corrected chi connectivity index (χ3v) is 4.30. The molecule has 134 valence electrons. The maximum atomic E-state index is 5.71. The predicted molar refractivity (Wildman–Crippen MR) is 101 cm³/mol. The monoisotopic (exact) mass is 370 g/mol. The van der Waals surface area contributed by atoms with Crippen LogP contribution < -0.4 is 0 Å². The van der Waals surface area contributed by atoms with Gasteiger partial charge in [-0.1, -0.05) is 12.2 Å². The lowest BCUT2D eigenvalue weighted by atomic mass is 10.3. The molecule has 0 saturated carbocycles. The SMILES string of the molecule is C(/C=C/c1nc2cc3ncoc3cc2o1)=C\c1nc2cc3ncoc3cc2o1. The summed E-state index contributed by atoms with van der Waals surface area (Å²) in [7, 11) is 0. The van der Waals surface area contributed by atoms with Gasteiger partial charge in [-0.05, 0) is 12.1 Å². The summed E-state index contributed by atoms with van der Waals surface area (Å²) < 4.78 is 22.0. The molecule has 6 rings (SSSR count). The summed E-state index contributed by atoms with van der Waals surface area (Å²) in [5, 5.41) is 0. The van der Waals surface area contributed by atoms with Crippen LogP contribution >= 0.6 is 0 Å². The number of fused-ring (bicyclic) bond motifs is 4. The number of allylic oxidation sites excluding steroid dienone is 2. The van der Waals surface area contributed by atoms with Crippen molar-refractivity contribution >= 4 is 56.6 Å². The van der Waals surface area contributed by atoms with Gasteiger partial charge in [0.25, 0.3) is 0 Å². The van der Waals surface area contributed by atoms with E-state index in [0.29, 0.717) is 34.1 Å². The molecule has 8 nitrogen and oxygen atoms in total. The summed E-state index contributed by atoms with van der Waals surface area (Å²) in [6.45, 7) is 0. The summed E-state index contributed by atoms with van der Waals surface area (Å²) >= 11 is 0. The van der Waals surface area contributed by atoms with Gasteiger partial charge in [-0.25, -0.2) is 19.9 Å². The minimum absolute atomic E-state index is 0.483. The van der Waals surface area contributed by atoms with Gasteiger partial charge in [0.05, 0.1) is 0 Å². The lowest BCUT2D eigenvalue weighted by molar-refractivity contribution is 0.582. The van der Waals surface area contributed by atoms with E-state index in [1.54, 1.807) is 36.4 Å². The Morgan fingerprint density at radius 1 is 0.571 bits per heavy atom. The molecule has 28 heavy (non-hydrogen) atoms. The van der Waals surface area contributed by atoms with Crippen LogP contribution in [0.1, 0.15) is 11.8 Å². The molecule has 0 aliphatic heterocycles. The predicted octanol–water partition coefficient (Wildman–Crippen LogP) is 4.98. The van der Waals surface area contributed by atoms with E-state index in [1.165, 1.54) is 12.8 Å². The highest BCUT2D eigenvalue weighted by Crippen LogP contribution is 2.24. The van der Waals surface area contributed by atoms with Gasteiger partial charge >= 0.3 is 0 Å². The molecule has 0 fully saturated rings. The second-order valence-corrected chi connectivity index (χ2v) is 6.10. The maximum Gasteiger partial charge on any atom is 0.220 e. The molecule has 4 aromatic heterocycles. The average Bonchev–Trinajstić information content (AvgIpc) is 3.45. The van der Waals surface area contributed by atoms with E-state index in [9.17, 15) is 0 Å². The van der Waals surface area contributed by atoms with E-state index in [-0.39, 0.29) is 0 Å². The first-order valence-corrected chi connectivity index (χ1v) is 8.44. The highest BCUT2D eigenvalue weighted by molar-refractivity contribution is 5.90. The van der Waals surface area contributed by atoms with E-state index in [0.717, 1.165) is 22.1 Å². The van der Waals surface area contributed by atoms with Crippen LogP contribution in [0.25, 0.3) is 56.6 Å². The summed E-state index contributed by atoms with van der Waals surface area (Å²) in [5.41, 5.74) is 5.55. The molecule has 0 aliphatic carbocycles. The lowest BCUT2D eigenvalue weighted by Crippen LogP contribution is -1.71. The van der Waals surface area contributed by atoms with Gasteiger partial charge in [0.15, 0.2) is 35.1 Å². The fourth-order valence-electron chi connectivity index (χ4n) is 3.01. The van der Waals surface area contributed by atoms with Crippen LogP contribution in [0.5, 0.6) is 0 Å². The van der Waals surface area contributed by atoms with E-state index in [2.05, 4.69) is 19.9 Å². The number of oxazole rings is 4. The Kier molecular flexibility index (Phi) is 3.01. The van der Waals surface area contributed by atoms with Gasteiger partial charge in [-0.15, -0.1) is 0 Å². The quantitative estimate of drug-likeness (QED) is 0.402. The molecular weight excluding hydrogens is 360 g/mol. The van der Waals surface area contributed by atoms with Gasteiger partial charge in [0.1, 0.15) is 22.1 Å². The normalized spacial score (nSPS) is 12.7. The Balaban J connectivity index is 1.26. The molecule has 0 aliphatic rings. The third-order valence-electron chi connectivity index (χ3n) is 4.30. The number of hydrogen-bond donors (Lipinski definition) is 0. The third kappa shape index (κ3) is 2.39. The molecule has 0 radical (unpaired) electrons. The van der Waals surface area contributed by atoms with Gasteiger partial charge in [0.2, 0.25) is 11.8 Å². The molecule has 6 aromatic rings. The van der Waals surface area contributed by atoms with Crippen LogP contribution in [-0.4, -0.2) is 19.9 Å². The van der Waals surface area contributed by atoms with Crippen LogP contribution in [0.4, 0.5) is 0 Å².